The van der Waals surface area contributed by atoms with E-state index >= 15 is 0 Å². The predicted molar refractivity (Wildman–Crippen MR) is 100.0 cm³/mol. The number of unbranched alkanes of at least 4 members (excludes halogenated alkanes) is 1. The van der Waals surface area contributed by atoms with Gasteiger partial charge in [-0.2, -0.15) is 11.8 Å². The number of thioether (sulfide) groups is 1. The van der Waals surface area contributed by atoms with Crippen molar-refractivity contribution in [2.24, 2.45) is 4.99 Å². The van der Waals surface area contributed by atoms with Crippen molar-refractivity contribution in [3.05, 3.63) is 23.8 Å². The molecule has 1 aromatic carbocycles. The fraction of sp³-hybridized carbons (Fsp3) is 0.588. The molecule has 0 radical (unpaired) electrons. The minimum Gasteiger partial charge on any atom is -0.493 e. The van der Waals surface area contributed by atoms with Gasteiger partial charge in [-0.05, 0) is 49.5 Å². The van der Waals surface area contributed by atoms with E-state index in [1.54, 1.807) is 14.2 Å². The van der Waals surface area contributed by atoms with Gasteiger partial charge in [0.05, 0.1) is 20.8 Å². The Kier molecular flexibility index (Phi) is 10.1. The van der Waals surface area contributed by atoms with Crippen LogP contribution in [0.15, 0.2) is 23.2 Å². The van der Waals surface area contributed by atoms with Gasteiger partial charge in [0.2, 0.25) is 0 Å². The van der Waals surface area contributed by atoms with E-state index in [2.05, 4.69) is 28.8 Å². The Morgan fingerprint density at radius 1 is 1.13 bits per heavy atom. The Labute approximate surface area is 144 Å². The van der Waals surface area contributed by atoms with Crippen molar-refractivity contribution >= 4 is 17.7 Å². The van der Waals surface area contributed by atoms with Gasteiger partial charge in [-0.3, -0.25) is 0 Å². The summed E-state index contributed by atoms with van der Waals surface area (Å²) in [6.07, 6.45) is 4.52. The molecule has 0 aliphatic rings. The lowest BCUT2D eigenvalue weighted by Crippen LogP contribution is -2.37. The average molecular weight is 340 g/mol. The summed E-state index contributed by atoms with van der Waals surface area (Å²) in [5, 5.41) is 6.65. The molecule has 0 unspecified atom stereocenters. The van der Waals surface area contributed by atoms with E-state index in [1.165, 1.54) is 12.2 Å². The maximum Gasteiger partial charge on any atom is 0.191 e. The molecule has 0 aliphatic heterocycles. The summed E-state index contributed by atoms with van der Waals surface area (Å²) in [4.78, 5) is 4.63. The van der Waals surface area contributed by atoms with Crippen molar-refractivity contribution in [3.8, 4) is 11.5 Å². The highest BCUT2D eigenvalue weighted by Crippen LogP contribution is 2.27. The summed E-state index contributed by atoms with van der Waals surface area (Å²) in [6.45, 7) is 4.46. The molecule has 1 aromatic rings. The van der Waals surface area contributed by atoms with Gasteiger partial charge in [0.1, 0.15) is 0 Å². The van der Waals surface area contributed by atoms with Gasteiger partial charge >= 0.3 is 0 Å². The summed E-state index contributed by atoms with van der Waals surface area (Å²) in [6, 6.07) is 5.88. The van der Waals surface area contributed by atoms with E-state index in [1.807, 2.05) is 30.0 Å². The lowest BCUT2D eigenvalue weighted by molar-refractivity contribution is 0.354. The number of hydrogen-bond donors (Lipinski definition) is 2. The van der Waals surface area contributed by atoms with Gasteiger partial charge in [0.15, 0.2) is 17.5 Å². The van der Waals surface area contributed by atoms with E-state index in [9.17, 15) is 0 Å². The van der Waals surface area contributed by atoms with Crippen LogP contribution in [-0.4, -0.2) is 45.3 Å². The van der Waals surface area contributed by atoms with Gasteiger partial charge in [-0.1, -0.05) is 6.07 Å². The molecule has 1 rings (SSSR count). The first-order valence-electron chi connectivity index (χ1n) is 7.97. The number of ether oxygens (including phenoxy) is 2. The van der Waals surface area contributed by atoms with E-state index in [-0.39, 0.29) is 0 Å². The normalized spacial score (nSPS) is 11.2. The number of methoxy groups -OCH3 is 2. The maximum absolute atomic E-state index is 5.33. The average Bonchev–Trinajstić information content (AvgIpc) is 2.59. The van der Waals surface area contributed by atoms with Crippen LogP contribution in [0.1, 0.15) is 25.3 Å². The van der Waals surface area contributed by atoms with E-state index in [4.69, 9.17) is 9.47 Å². The molecule has 6 heteroatoms. The van der Waals surface area contributed by atoms with Gasteiger partial charge < -0.3 is 20.1 Å². The maximum atomic E-state index is 5.33. The molecular weight excluding hydrogens is 310 g/mol. The number of nitrogens with zero attached hydrogens (tertiary/aromatic N) is 1. The van der Waals surface area contributed by atoms with E-state index in [0.717, 1.165) is 42.5 Å². The molecule has 0 heterocycles. The SMILES string of the molecule is CCNC(=NCc1ccc(OC)c(OC)c1)NCCCCSC. The van der Waals surface area contributed by atoms with Crippen LogP contribution in [-0.2, 0) is 6.54 Å². The zero-order valence-electron chi connectivity index (χ0n) is 14.6. The van der Waals surface area contributed by atoms with Gasteiger partial charge in [0, 0.05) is 13.1 Å². The Morgan fingerprint density at radius 3 is 2.57 bits per heavy atom. The molecule has 0 spiro atoms. The van der Waals surface area contributed by atoms with Crippen LogP contribution in [0.4, 0.5) is 0 Å². The molecule has 130 valence electrons. The highest BCUT2D eigenvalue weighted by atomic mass is 32.2. The summed E-state index contributed by atoms with van der Waals surface area (Å²) >= 11 is 1.89. The Bertz CT molecular complexity index is 481. The third-order valence-electron chi connectivity index (χ3n) is 3.28. The molecule has 2 N–H and O–H groups in total. The number of hydrogen-bond acceptors (Lipinski definition) is 4. The fourth-order valence-corrected chi connectivity index (χ4v) is 2.56. The lowest BCUT2D eigenvalue weighted by atomic mass is 10.2. The minimum atomic E-state index is 0.598. The quantitative estimate of drug-likeness (QED) is 0.390. The zero-order chi connectivity index (χ0) is 16.9. The summed E-state index contributed by atoms with van der Waals surface area (Å²) < 4.78 is 10.6. The lowest BCUT2D eigenvalue weighted by Gasteiger charge is -2.12. The third-order valence-corrected chi connectivity index (χ3v) is 3.98. The molecule has 0 saturated carbocycles. The molecule has 0 saturated heterocycles. The number of guanidine groups is 1. The number of nitrogens with one attached hydrogen (secondary N) is 2. The van der Waals surface area contributed by atoms with E-state index < -0.39 is 0 Å². The topological polar surface area (TPSA) is 54.9 Å². The van der Waals surface area contributed by atoms with Crippen LogP contribution in [0.2, 0.25) is 0 Å². The second-order valence-electron chi connectivity index (χ2n) is 5.01. The summed E-state index contributed by atoms with van der Waals surface area (Å²) in [7, 11) is 3.28. The third kappa shape index (κ3) is 7.50. The van der Waals surface area contributed by atoms with Crippen LogP contribution >= 0.6 is 11.8 Å². The van der Waals surface area contributed by atoms with Crippen LogP contribution in [0.25, 0.3) is 0 Å². The minimum absolute atomic E-state index is 0.598. The van der Waals surface area contributed by atoms with Gasteiger partial charge in [-0.25, -0.2) is 4.99 Å². The molecule has 0 amide bonds. The van der Waals surface area contributed by atoms with Crippen molar-refractivity contribution in [3.63, 3.8) is 0 Å². The Balaban J connectivity index is 2.58. The highest BCUT2D eigenvalue weighted by molar-refractivity contribution is 7.98. The molecule has 5 nitrogen and oxygen atoms in total. The first kappa shape index (κ1) is 19.5. The number of rotatable bonds is 10. The zero-order valence-corrected chi connectivity index (χ0v) is 15.5. The van der Waals surface area contributed by atoms with Crippen molar-refractivity contribution in [1.82, 2.24) is 10.6 Å². The van der Waals surface area contributed by atoms with Crippen LogP contribution in [0, 0.1) is 0 Å². The Morgan fingerprint density at radius 2 is 1.91 bits per heavy atom. The smallest absolute Gasteiger partial charge is 0.191 e. The molecular formula is C17H29N3O2S. The summed E-state index contributed by atoms with van der Waals surface area (Å²) in [5.74, 6) is 3.53. The molecule has 0 fully saturated rings. The summed E-state index contributed by atoms with van der Waals surface area (Å²) in [5.41, 5.74) is 1.09. The Hall–Kier alpha value is -1.56. The van der Waals surface area contributed by atoms with Crippen LogP contribution in [0.3, 0.4) is 0 Å². The molecule has 0 aromatic heterocycles. The van der Waals surface area contributed by atoms with Crippen molar-refractivity contribution in [2.45, 2.75) is 26.3 Å². The molecule has 23 heavy (non-hydrogen) atoms. The second-order valence-corrected chi connectivity index (χ2v) is 6.00. The second kappa shape index (κ2) is 11.9. The number of benzene rings is 1. The first-order valence-corrected chi connectivity index (χ1v) is 9.36. The standard InChI is InChI=1S/C17H29N3O2S/c1-5-18-17(19-10-6-7-11-23-4)20-13-14-8-9-15(21-2)16(12-14)22-3/h8-9,12H,5-7,10-11,13H2,1-4H3,(H2,18,19,20). The van der Waals surface area contributed by atoms with Crippen LogP contribution < -0.4 is 20.1 Å². The molecule has 0 bridgehead atoms. The van der Waals surface area contributed by atoms with Gasteiger partial charge in [-0.15, -0.1) is 0 Å². The number of aliphatic imine (C=N–C) groups is 1. The van der Waals surface area contributed by atoms with E-state index in [0.29, 0.717) is 6.54 Å². The largest absolute Gasteiger partial charge is 0.493 e. The fourth-order valence-electron chi connectivity index (χ4n) is 2.07. The van der Waals surface area contributed by atoms with Crippen molar-refractivity contribution in [1.29, 1.82) is 0 Å². The molecule has 0 atom stereocenters. The predicted octanol–water partition coefficient (Wildman–Crippen LogP) is 2.90. The molecule has 0 aliphatic carbocycles. The van der Waals surface area contributed by atoms with Gasteiger partial charge in [0.25, 0.3) is 0 Å². The first-order chi connectivity index (χ1) is 11.2. The van der Waals surface area contributed by atoms with Crippen LogP contribution in [0.5, 0.6) is 11.5 Å². The highest BCUT2D eigenvalue weighted by Gasteiger charge is 2.04. The van der Waals surface area contributed by atoms with Crippen molar-refractivity contribution in [2.75, 3.05) is 39.3 Å². The monoisotopic (exact) mass is 339 g/mol. The van der Waals surface area contributed by atoms with Crippen molar-refractivity contribution < 1.29 is 9.47 Å².